The number of hydrogen-bond acceptors (Lipinski definition) is 3. The van der Waals surface area contributed by atoms with Crippen molar-refractivity contribution in [2.75, 3.05) is 6.61 Å². The van der Waals surface area contributed by atoms with Crippen molar-refractivity contribution in [2.45, 2.75) is 63.6 Å². The van der Waals surface area contributed by atoms with Gasteiger partial charge in [-0.15, -0.1) is 0 Å². The Labute approximate surface area is 156 Å². The van der Waals surface area contributed by atoms with Crippen LogP contribution in [0.1, 0.15) is 55.7 Å². The van der Waals surface area contributed by atoms with Crippen LogP contribution in [0, 0.1) is 6.92 Å². The van der Waals surface area contributed by atoms with Crippen molar-refractivity contribution < 1.29 is 4.74 Å². The van der Waals surface area contributed by atoms with Crippen molar-refractivity contribution in [2.24, 2.45) is 5.73 Å². The summed E-state index contributed by atoms with van der Waals surface area (Å²) in [6.45, 7) is 4.26. The summed E-state index contributed by atoms with van der Waals surface area (Å²) in [6, 6.07) is 14.2. The second kappa shape index (κ2) is 8.65. The zero-order chi connectivity index (χ0) is 18.5. The van der Waals surface area contributed by atoms with Gasteiger partial charge in [0.1, 0.15) is 0 Å². The van der Waals surface area contributed by atoms with Gasteiger partial charge in [0, 0.05) is 17.8 Å². The third kappa shape index (κ3) is 4.43. The number of benzene rings is 1. The average Bonchev–Trinajstić information content (AvgIpc) is 2.66. The number of nitrogens with zero attached hydrogens (tertiary/aromatic N) is 1. The molecule has 1 aliphatic carbocycles. The highest BCUT2D eigenvalue weighted by molar-refractivity contribution is 5.20. The normalized spacial score (nSPS) is 22.7. The zero-order valence-electron chi connectivity index (χ0n) is 15.8. The Bertz CT molecular complexity index is 746. The maximum absolute atomic E-state index is 12.4. The summed E-state index contributed by atoms with van der Waals surface area (Å²) in [7, 11) is 0. The molecule has 4 nitrogen and oxygen atoms in total. The number of aryl methyl sites for hydroxylation is 1. The molecule has 1 heterocycles. The lowest BCUT2D eigenvalue weighted by Crippen LogP contribution is -2.39. The first-order chi connectivity index (χ1) is 12.6. The number of aromatic nitrogens is 1. The molecule has 4 heteroatoms. The van der Waals surface area contributed by atoms with Gasteiger partial charge in [-0.25, -0.2) is 0 Å². The lowest BCUT2D eigenvalue weighted by Gasteiger charge is -2.31. The van der Waals surface area contributed by atoms with E-state index < -0.39 is 0 Å². The van der Waals surface area contributed by atoms with E-state index in [0.29, 0.717) is 12.5 Å². The second-order valence-electron chi connectivity index (χ2n) is 7.55. The topological polar surface area (TPSA) is 57.2 Å². The van der Waals surface area contributed by atoms with E-state index >= 15 is 0 Å². The van der Waals surface area contributed by atoms with Crippen LogP contribution in [0.4, 0.5) is 0 Å². The highest BCUT2D eigenvalue weighted by atomic mass is 16.5. The quantitative estimate of drug-likeness (QED) is 0.859. The van der Waals surface area contributed by atoms with E-state index in [1.807, 2.05) is 32.2 Å². The third-order valence-corrected chi connectivity index (χ3v) is 5.58. The van der Waals surface area contributed by atoms with Crippen molar-refractivity contribution >= 4 is 0 Å². The molecule has 2 N–H and O–H groups in total. The number of pyridine rings is 1. The van der Waals surface area contributed by atoms with Gasteiger partial charge in [-0.1, -0.05) is 36.4 Å². The van der Waals surface area contributed by atoms with Gasteiger partial charge in [0.2, 0.25) is 0 Å². The van der Waals surface area contributed by atoms with Crippen LogP contribution < -0.4 is 11.3 Å². The molecule has 1 aromatic carbocycles. The standard InChI is InChI=1S/C22H30N2O2/c1-16-7-6-14-24(22(16)25)21(17(2)23)15-26-20-12-10-19(11-13-20)18-8-4-3-5-9-18/h3-9,14,17,19-21H,10-13,15,23H2,1-2H3. The van der Waals surface area contributed by atoms with Crippen LogP contribution in [-0.2, 0) is 4.74 Å². The van der Waals surface area contributed by atoms with E-state index in [2.05, 4.69) is 30.3 Å². The van der Waals surface area contributed by atoms with Crippen LogP contribution in [0.25, 0.3) is 0 Å². The summed E-state index contributed by atoms with van der Waals surface area (Å²) in [5.41, 5.74) is 8.35. The predicted octanol–water partition coefficient (Wildman–Crippen LogP) is 3.79. The van der Waals surface area contributed by atoms with Crippen LogP contribution in [-0.4, -0.2) is 23.3 Å². The molecule has 1 fully saturated rings. The molecule has 1 aliphatic rings. The molecule has 0 aliphatic heterocycles. The summed E-state index contributed by atoms with van der Waals surface area (Å²) in [6.07, 6.45) is 6.52. The lowest BCUT2D eigenvalue weighted by molar-refractivity contribution is 0.00325. The Kier molecular flexibility index (Phi) is 6.28. The maximum Gasteiger partial charge on any atom is 0.253 e. The molecule has 2 atom stereocenters. The fourth-order valence-electron chi connectivity index (χ4n) is 3.89. The molecule has 2 aromatic rings. The van der Waals surface area contributed by atoms with Crippen LogP contribution in [0.15, 0.2) is 53.5 Å². The first-order valence-corrected chi connectivity index (χ1v) is 9.66. The predicted molar refractivity (Wildman–Crippen MR) is 106 cm³/mol. The summed E-state index contributed by atoms with van der Waals surface area (Å²) in [5, 5.41) is 0. The van der Waals surface area contributed by atoms with Crippen molar-refractivity contribution in [3.8, 4) is 0 Å². The fraction of sp³-hybridized carbons (Fsp3) is 0.500. The van der Waals surface area contributed by atoms with Gasteiger partial charge in [-0.05, 0) is 57.1 Å². The molecule has 0 saturated heterocycles. The van der Waals surface area contributed by atoms with E-state index in [-0.39, 0.29) is 23.7 Å². The highest BCUT2D eigenvalue weighted by Crippen LogP contribution is 2.34. The summed E-state index contributed by atoms with van der Waals surface area (Å²) >= 11 is 0. The monoisotopic (exact) mass is 354 g/mol. The molecule has 2 unspecified atom stereocenters. The van der Waals surface area contributed by atoms with Crippen LogP contribution in [0.2, 0.25) is 0 Å². The first-order valence-electron chi connectivity index (χ1n) is 9.66. The molecule has 0 amide bonds. The number of ether oxygens (including phenoxy) is 1. The smallest absolute Gasteiger partial charge is 0.253 e. The molecule has 0 radical (unpaired) electrons. The van der Waals surface area contributed by atoms with E-state index in [9.17, 15) is 4.79 Å². The average molecular weight is 354 g/mol. The molecule has 1 saturated carbocycles. The minimum absolute atomic E-state index is 0.0196. The SMILES string of the molecule is Cc1cccn(C(COC2CCC(c3ccccc3)CC2)C(C)N)c1=O. The van der Waals surface area contributed by atoms with Gasteiger partial charge in [-0.2, -0.15) is 0 Å². The summed E-state index contributed by atoms with van der Waals surface area (Å²) in [4.78, 5) is 12.4. The molecule has 140 valence electrons. The van der Waals surface area contributed by atoms with Gasteiger partial charge < -0.3 is 15.0 Å². The molecular formula is C22H30N2O2. The van der Waals surface area contributed by atoms with Crippen LogP contribution >= 0.6 is 0 Å². The van der Waals surface area contributed by atoms with Crippen LogP contribution in [0.3, 0.4) is 0 Å². The van der Waals surface area contributed by atoms with E-state index in [4.69, 9.17) is 10.5 Å². The third-order valence-electron chi connectivity index (χ3n) is 5.58. The molecule has 3 rings (SSSR count). The second-order valence-corrected chi connectivity index (χ2v) is 7.55. The molecule has 0 spiro atoms. The lowest BCUT2D eigenvalue weighted by atomic mass is 9.83. The van der Waals surface area contributed by atoms with Crippen molar-refractivity contribution in [3.63, 3.8) is 0 Å². The number of rotatable bonds is 6. The highest BCUT2D eigenvalue weighted by Gasteiger charge is 2.25. The van der Waals surface area contributed by atoms with Gasteiger partial charge in [0.05, 0.1) is 18.8 Å². The van der Waals surface area contributed by atoms with Gasteiger partial charge >= 0.3 is 0 Å². The van der Waals surface area contributed by atoms with Gasteiger partial charge in [0.15, 0.2) is 0 Å². The number of nitrogens with two attached hydrogens (primary N) is 1. The fourth-order valence-corrected chi connectivity index (χ4v) is 3.89. The number of hydrogen-bond donors (Lipinski definition) is 1. The first kappa shape index (κ1) is 18.9. The maximum atomic E-state index is 12.4. The Balaban J connectivity index is 1.58. The Morgan fingerprint density at radius 2 is 1.81 bits per heavy atom. The van der Waals surface area contributed by atoms with E-state index in [1.165, 1.54) is 5.56 Å². The van der Waals surface area contributed by atoms with E-state index in [1.54, 1.807) is 4.57 Å². The molecular weight excluding hydrogens is 324 g/mol. The van der Waals surface area contributed by atoms with Gasteiger partial charge in [0.25, 0.3) is 5.56 Å². The molecule has 1 aromatic heterocycles. The van der Waals surface area contributed by atoms with Crippen LogP contribution in [0.5, 0.6) is 0 Å². The largest absolute Gasteiger partial charge is 0.376 e. The van der Waals surface area contributed by atoms with Crippen molar-refractivity contribution in [3.05, 3.63) is 70.1 Å². The Hall–Kier alpha value is -1.91. The minimum atomic E-state index is -0.143. The van der Waals surface area contributed by atoms with Gasteiger partial charge in [-0.3, -0.25) is 4.79 Å². The molecule has 0 bridgehead atoms. The molecule has 26 heavy (non-hydrogen) atoms. The summed E-state index contributed by atoms with van der Waals surface area (Å²) in [5.74, 6) is 0.639. The van der Waals surface area contributed by atoms with Crippen molar-refractivity contribution in [1.29, 1.82) is 0 Å². The van der Waals surface area contributed by atoms with E-state index in [0.717, 1.165) is 31.2 Å². The Morgan fingerprint density at radius 3 is 2.46 bits per heavy atom. The zero-order valence-corrected chi connectivity index (χ0v) is 15.8. The Morgan fingerprint density at radius 1 is 1.12 bits per heavy atom. The summed E-state index contributed by atoms with van der Waals surface area (Å²) < 4.78 is 7.93. The van der Waals surface area contributed by atoms with Crippen molar-refractivity contribution in [1.82, 2.24) is 4.57 Å². The minimum Gasteiger partial charge on any atom is -0.376 e.